The fraction of sp³-hybridized carbons (Fsp3) is 0.533. The number of hydrogen-bond acceptors (Lipinski definition) is 2. The number of anilines is 1. The summed E-state index contributed by atoms with van der Waals surface area (Å²) in [4.78, 5) is 12.0. The summed E-state index contributed by atoms with van der Waals surface area (Å²) in [5, 5.41) is 6.10. The summed E-state index contributed by atoms with van der Waals surface area (Å²) < 4.78 is 13.0. The smallest absolute Gasteiger partial charge is 0.242 e. The number of benzene rings is 1. The van der Waals surface area contributed by atoms with Gasteiger partial charge < -0.3 is 10.6 Å². The molecule has 0 fully saturated rings. The SMILES string of the molecule is CCC(CC)NC(=O)C(C)Nc1ccc(F)cc1C. The summed E-state index contributed by atoms with van der Waals surface area (Å²) in [6, 6.07) is 4.37. The van der Waals surface area contributed by atoms with Gasteiger partial charge in [-0.25, -0.2) is 4.39 Å². The molecule has 1 aromatic carbocycles. The molecule has 1 rings (SSSR count). The summed E-state index contributed by atoms with van der Waals surface area (Å²) in [5.74, 6) is -0.297. The maximum atomic E-state index is 13.0. The van der Waals surface area contributed by atoms with Gasteiger partial charge in [0.2, 0.25) is 5.91 Å². The Labute approximate surface area is 114 Å². The van der Waals surface area contributed by atoms with Crippen LogP contribution in [0.3, 0.4) is 0 Å². The Balaban J connectivity index is 2.63. The third kappa shape index (κ3) is 4.54. The molecule has 1 aromatic rings. The molecule has 0 aliphatic carbocycles. The van der Waals surface area contributed by atoms with Gasteiger partial charge in [-0.05, 0) is 50.5 Å². The number of aryl methyl sites for hydroxylation is 1. The minimum absolute atomic E-state index is 0.0302. The largest absolute Gasteiger partial charge is 0.374 e. The first-order chi connectivity index (χ1) is 8.97. The normalized spacial score (nSPS) is 12.3. The molecule has 0 aromatic heterocycles. The van der Waals surface area contributed by atoms with Crippen LogP contribution in [0.1, 0.15) is 39.2 Å². The lowest BCUT2D eigenvalue weighted by Crippen LogP contribution is -2.42. The molecule has 19 heavy (non-hydrogen) atoms. The van der Waals surface area contributed by atoms with Gasteiger partial charge >= 0.3 is 0 Å². The highest BCUT2D eigenvalue weighted by atomic mass is 19.1. The molecule has 0 heterocycles. The third-order valence-corrected chi connectivity index (χ3v) is 3.29. The molecule has 0 aliphatic heterocycles. The zero-order valence-corrected chi connectivity index (χ0v) is 12.1. The van der Waals surface area contributed by atoms with Crippen molar-refractivity contribution < 1.29 is 9.18 Å². The number of halogens is 1. The first kappa shape index (κ1) is 15.5. The van der Waals surface area contributed by atoms with E-state index in [4.69, 9.17) is 0 Å². The Bertz CT molecular complexity index is 430. The predicted molar refractivity (Wildman–Crippen MR) is 76.7 cm³/mol. The van der Waals surface area contributed by atoms with E-state index in [9.17, 15) is 9.18 Å². The third-order valence-electron chi connectivity index (χ3n) is 3.29. The Morgan fingerprint density at radius 3 is 2.47 bits per heavy atom. The lowest BCUT2D eigenvalue weighted by Gasteiger charge is -2.20. The van der Waals surface area contributed by atoms with Gasteiger partial charge in [0.1, 0.15) is 11.9 Å². The minimum Gasteiger partial charge on any atom is -0.374 e. The van der Waals surface area contributed by atoms with Crippen LogP contribution in [0.5, 0.6) is 0 Å². The van der Waals surface area contributed by atoms with Gasteiger partial charge in [0.25, 0.3) is 0 Å². The van der Waals surface area contributed by atoms with Crippen molar-refractivity contribution in [3.05, 3.63) is 29.6 Å². The molecule has 0 aliphatic rings. The van der Waals surface area contributed by atoms with Crippen LogP contribution in [0.2, 0.25) is 0 Å². The highest BCUT2D eigenvalue weighted by Crippen LogP contribution is 2.16. The maximum absolute atomic E-state index is 13.0. The Hall–Kier alpha value is -1.58. The van der Waals surface area contributed by atoms with Gasteiger partial charge in [0.05, 0.1) is 0 Å². The van der Waals surface area contributed by atoms with E-state index in [0.29, 0.717) is 0 Å². The molecule has 0 bridgehead atoms. The Morgan fingerprint density at radius 2 is 1.95 bits per heavy atom. The maximum Gasteiger partial charge on any atom is 0.242 e. The number of nitrogens with one attached hydrogen (secondary N) is 2. The fourth-order valence-corrected chi connectivity index (χ4v) is 1.91. The average Bonchev–Trinajstić information content (AvgIpc) is 2.38. The van der Waals surface area contributed by atoms with Crippen molar-refractivity contribution in [2.24, 2.45) is 0 Å². The van der Waals surface area contributed by atoms with Crippen molar-refractivity contribution in [3.63, 3.8) is 0 Å². The molecular weight excluding hydrogens is 243 g/mol. The summed E-state index contributed by atoms with van der Waals surface area (Å²) in [6.07, 6.45) is 1.84. The van der Waals surface area contributed by atoms with E-state index in [-0.39, 0.29) is 23.8 Å². The van der Waals surface area contributed by atoms with Gasteiger partial charge in [0, 0.05) is 11.7 Å². The zero-order valence-electron chi connectivity index (χ0n) is 12.1. The molecule has 4 heteroatoms. The number of carbonyl (C=O) groups excluding carboxylic acids is 1. The molecule has 0 spiro atoms. The molecule has 1 atom stereocenters. The van der Waals surface area contributed by atoms with Crippen molar-refractivity contribution >= 4 is 11.6 Å². The lowest BCUT2D eigenvalue weighted by molar-refractivity contribution is -0.122. The minimum atomic E-state index is -0.343. The Morgan fingerprint density at radius 1 is 1.32 bits per heavy atom. The van der Waals surface area contributed by atoms with Gasteiger partial charge in [0.15, 0.2) is 0 Å². The van der Waals surface area contributed by atoms with Crippen molar-refractivity contribution in [1.82, 2.24) is 5.32 Å². The fourth-order valence-electron chi connectivity index (χ4n) is 1.91. The van der Waals surface area contributed by atoms with Crippen LogP contribution >= 0.6 is 0 Å². The van der Waals surface area contributed by atoms with Crippen LogP contribution in [0.4, 0.5) is 10.1 Å². The van der Waals surface area contributed by atoms with Crippen LogP contribution in [0, 0.1) is 12.7 Å². The predicted octanol–water partition coefficient (Wildman–Crippen LogP) is 3.24. The van der Waals surface area contributed by atoms with Crippen molar-refractivity contribution in [1.29, 1.82) is 0 Å². The molecule has 1 amide bonds. The van der Waals surface area contributed by atoms with E-state index < -0.39 is 0 Å². The molecular formula is C15H23FN2O. The first-order valence-electron chi connectivity index (χ1n) is 6.81. The summed E-state index contributed by atoms with van der Waals surface area (Å²) in [6.45, 7) is 7.73. The number of amides is 1. The monoisotopic (exact) mass is 266 g/mol. The van der Waals surface area contributed by atoms with Crippen molar-refractivity contribution in [3.8, 4) is 0 Å². The standard InChI is InChI=1S/C15H23FN2O/c1-5-13(6-2)18-15(19)11(4)17-14-8-7-12(16)9-10(14)3/h7-9,11,13,17H,5-6H2,1-4H3,(H,18,19). The topological polar surface area (TPSA) is 41.1 Å². The molecule has 0 radical (unpaired) electrons. The van der Waals surface area contributed by atoms with E-state index >= 15 is 0 Å². The van der Waals surface area contributed by atoms with Crippen molar-refractivity contribution in [2.45, 2.75) is 52.6 Å². The molecule has 2 N–H and O–H groups in total. The first-order valence-corrected chi connectivity index (χ1v) is 6.81. The molecule has 0 saturated heterocycles. The summed E-state index contributed by atoms with van der Waals surface area (Å²) in [7, 11) is 0. The van der Waals surface area contributed by atoms with Gasteiger partial charge in [-0.3, -0.25) is 4.79 Å². The van der Waals surface area contributed by atoms with E-state index in [0.717, 1.165) is 24.1 Å². The van der Waals surface area contributed by atoms with E-state index in [1.54, 1.807) is 13.0 Å². The highest BCUT2D eigenvalue weighted by molar-refractivity contribution is 5.84. The van der Waals surface area contributed by atoms with E-state index in [2.05, 4.69) is 24.5 Å². The van der Waals surface area contributed by atoms with Gasteiger partial charge in [-0.2, -0.15) is 0 Å². The molecule has 1 unspecified atom stereocenters. The molecule has 0 saturated carbocycles. The number of hydrogen-bond donors (Lipinski definition) is 2. The average molecular weight is 266 g/mol. The second-order valence-corrected chi connectivity index (χ2v) is 4.85. The van der Waals surface area contributed by atoms with Gasteiger partial charge in [-0.1, -0.05) is 13.8 Å². The number of carbonyl (C=O) groups is 1. The van der Waals surface area contributed by atoms with E-state index in [1.165, 1.54) is 12.1 Å². The quantitative estimate of drug-likeness (QED) is 0.830. The Kier molecular flexibility index (Phi) is 5.80. The van der Waals surface area contributed by atoms with Crippen molar-refractivity contribution in [2.75, 3.05) is 5.32 Å². The summed E-state index contributed by atoms with van der Waals surface area (Å²) >= 11 is 0. The van der Waals surface area contributed by atoms with Crippen LogP contribution < -0.4 is 10.6 Å². The number of rotatable bonds is 6. The van der Waals surface area contributed by atoms with Crippen LogP contribution in [-0.4, -0.2) is 18.0 Å². The van der Waals surface area contributed by atoms with Gasteiger partial charge in [-0.15, -0.1) is 0 Å². The van der Waals surface area contributed by atoms with E-state index in [1.807, 2.05) is 6.92 Å². The van der Waals surface area contributed by atoms with Crippen LogP contribution in [0.25, 0.3) is 0 Å². The second kappa shape index (κ2) is 7.12. The molecule has 106 valence electrons. The second-order valence-electron chi connectivity index (χ2n) is 4.85. The van der Waals surface area contributed by atoms with Crippen LogP contribution in [0.15, 0.2) is 18.2 Å². The zero-order chi connectivity index (χ0) is 14.4. The summed E-state index contributed by atoms with van der Waals surface area (Å²) in [5.41, 5.74) is 1.58. The highest BCUT2D eigenvalue weighted by Gasteiger charge is 2.16. The van der Waals surface area contributed by atoms with Crippen LogP contribution in [-0.2, 0) is 4.79 Å². The lowest BCUT2D eigenvalue weighted by atomic mass is 10.1. The molecule has 3 nitrogen and oxygen atoms in total.